The number of benzene rings is 1. The molecule has 0 fully saturated rings. The molecule has 2 atom stereocenters. The number of rotatable bonds is 8. The van der Waals surface area contributed by atoms with Crippen LogP contribution in [0.3, 0.4) is 0 Å². The van der Waals surface area contributed by atoms with Crippen LogP contribution in [0.25, 0.3) is 0 Å². The summed E-state index contributed by atoms with van der Waals surface area (Å²) in [6.45, 7) is 5.28. The second-order valence-corrected chi connectivity index (χ2v) is 5.45. The molecule has 1 aromatic rings. The summed E-state index contributed by atoms with van der Waals surface area (Å²) >= 11 is 0. The highest BCUT2D eigenvalue weighted by molar-refractivity contribution is 5.21. The first kappa shape index (κ1) is 17.1. The molecule has 4 heteroatoms. The zero-order chi connectivity index (χ0) is 15.1. The van der Waals surface area contributed by atoms with Crippen LogP contribution in [0.5, 0.6) is 0 Å². The molecule has 2 nitrogen and oxygen atoms in total. The first-order valence-corrected chi connectivity index (χ1v) is 7.31. The van der Waals surface area contributed by atoms with Crippen LogP contribution in [-0.2, 0) is 0 Å². The van der Waals surface area contributed by atoms with Crippen LogP contribution >= 0.6 is 0 Å². The average molecular weight is 284 g/mol. The van der Waals surface area contributed by atoms with Crippen molar-refractivity contribution in [1.29, 1.82) is 0 Å². The Balaban J connectivity index is 2.63. The van der Waals surface area contributed by atoms with Crippen molar-refractivity contribution in [3.05, 3.63) is 35.4 Å². The van der Waals surface area contributed by atoms with Crippen molar-refractivity contribution in [1.82, 2.24) is 10.2 Å². The van der Waals surface area contributed by atoms with Gasteiger partial charge in [0.15, 0.2) is 0 Å². The van der Waals surface area contributed by atoms with E-state index in [1.165, 1.54) is 12.1 Å². The number of hydrogen-bond donors (Lipinski definition) is 1. The summed E-state index contributed by atoms with van der Waals surface area (Å²) in [7, 11) is 3.92. The summed E-state index contributed by atoms with van der Waals surface area (Å²) in [6.07, 6.45) is 3.15. The Hall–Kier alpha value is -1.00. The van der Waals surface area contributed by atoms with Crippen LogP contribution in [0.1, 0.15) is 44.7 Å². The number of nitrogens with zero attached hydrogens (tertiary/aromatic N) is 1. The quantitative estimate of drug-likeness (QED) is 0.782. The lowest BCUT2D eigenvalue weighted by molar-refractivity contribution is 0.232. The van der Waals surface area contributed by atoms with Crippen LogP contribution in [0.4, 0.5) is 8.78 Å². The fourth-order valence-electron chi connectivity index (χ4n) is 2.45. The zero-order valence-corrected chi connectivity index (χ0v) is 12.9. The van der Waals surface area contributed by atoms with Crippen molar-refractivity contribution in [2.75, 3.05) is 20.6 Å². The van der Waals surface area contributed by atoms with Crippen LogP contribution in [0.15, 0.2) is 18.2 Å². The first-order valence-electron chi connectivity index (χ1n) is 7.31. The van der Waals surface area contributed by atoms with E-state index in [2.05, 4.69) is 31.1 Å². The maximum Gasteiger partial charge on any atom is 0.126 e. The summed E-state index contributed by atoms with van der Waals surface area (Å²) in [4.78, 5) is 2.30. The molecule has 2 unspecified atom stereocenters. The molecular formula is C16H26F2N2. The van der Waals surface area contributed by atoms with E-state index in [-0.39, 0.29) is 6.04 Å². The summed E-state index contributed by atoms with van der Waals surface area (Å²) in [6, 6.07) is 4.21. The smallest absolute Gasteiger partial charge is 0.126 e. The second-order valence-electron chi connectivity index (χ2n) is 5.45. The molecule has 0 bridgehead atoms. The molecule has 0 aliphatic rings. The summed E-state index contributed by atoms with van der Waals surface area (Å²) in [5, 5.41) is 3.14. The van der Waals surface area contributed by atoms with Gasteiger partial charge in [-0.1, -0.05) is 13.3 Å². The van der Waals surface area contributed by atoms with E-state index in [0.717, 1.165) is 31.9 Å². The highest BCUT2D eigenvalue weighted by Gasteiger charge is 2.14. The minimum Gasteiger partial charge on any atom is -0.313 e. The third kappa shape index (κ3) is 5.17. The van der Waals surface area contributed by atoms with Gasteiger partial charge in [0.05, 0.1) is 0 Å². The van der Waals surface area contributed by atoms with Crippen molar-refractivity contribution in [3.8, 4) is 0 Å². The van der Waals surface area contributed by atoms with Gasteiger partial charge in [-0.25, -0.2) is 8.78 Å². The minimum atomic E-state index is -0.520. The van der Waals surface area contributed by atoms with Gasteiger partial charge in [0.2, 0.25) is 0 Å². The molecule has 0 heterocycles. The lowest BCUT2D eigenvalue weighted by Crippen LogP contribution is -2.32. The predicted octanol–water partition coefficient (Wildman–Crippen LogP) is 3.74. The van der Waals surface area contributed by atoms with Crippen molar-refractivity contribution in [2.45, 2.75) is 45.2 Å². The molecule has 0 spiro atoms. The van der Waals surface area contributed by atoms with Gasteiger partial charge in [0, 0.05) is 18.2 Å². The Kier molecular flexibility index (Phi) is 7.10. The Labute approximate surface area is 121 Å². The van der Waals surface area contributed by atoms with Gasteiger partial charge in [-0.2, -0.15) is 0 Å². The monoisotopic (exact) mass is 284 g/mol. The topological polar surface area (TPSA) is 15.3 Å². The Morgan fingerprint density at radius 1 is 1.15 bits per heavy atom. The van der Waals surface area contributed by atoms with Gasteiger partial charge in [-0.3, -0.25) is 0 Å². The fraction of sp³-hybridized carbons (Fsp3) is 0.625. The molecule has 0 radical (unpaired) electrons. The van der Waals surface area contributed by atoms with Crippen molar-refractivity contribution in [3.63, 3.8) is 0 Å². The van der Waals surface area contributed by atoms with Crippen molar-refractivity contribution < 1.29 is 8.78 Å². The highest BCUT2D eigenvalue weighted by atomic mass is 19.1. The van der Waals surface area contributed by atoms with E-state index in [4.69, 9.17) is 0 Å². The fourth-order valence-corrected chi connectivity index (χ4v) is 2.45. The molecule has 0 saturated heterocycles. The van der Waals surface area contributed by atoms with Crippen LogP contribution in [0.2, 0.25) is 0 Å². The molecule has 0 saturated carbocycles. The first-order chi connectivity index (χ1) is 9.47. The molecule has 0 amide bonds. The maximum absolute atomic E-state index is 13.3. The second kappa shape index (κ2) is 8.32. The number of nitrogens with one attached hydrogen (secondary N) is 1. The molecule has 114 valence electrons. The molecule has 1 aromatic carbocycles. The van der Waals surface area contributed by atoms with Gasteiger partial charge >= 0.3 is 0 Å². The van der Waals surface area contributed by atoms with Gasteiger partial charge in [-0.05, 0) is 58.1 Å². The maximum atomic E-state index is 13.3. The molecule has 0 aliphatic carbocycles. The van der Waals surface area contributed by atoms with E-state index in [0.29, 0.717) is 11.6 Å². The Morgan fingerprint density at radius 3 is 2.25 bits per heavy atom. The molecule has 1 rings (SSSR count). The minimum absolute atomic E-state index is 0.0310. The van der Waals surface area contributed by atoms with Gasteiger partial charge < -0.3 is 10.2 Å². The van der Waals surface area contributed by atoms with Gasteiger partial charge in [0.25, 0.3) is 0 Å². The normalized spacial score (nSPS) is 14.6. The van der Waals surface area contributed by atoms with Crippen LogP contribution in [-0.4, -0.2) is 31.6 Å². The Morgan fingerprint density at radius 2 is 1.75 bits per heavy atom. The van der Waals surface area contributed by atoms with E-state index in [1.54, 1.807) is 0 Å². The SMILES string of the molecule is CCCC(C)N(C)CCC(NC)c1cc(F)cc(F)c1. The van der Waals surface area contributed by atoms with Crippen LogP contribution < -0.4 is 5.32 Å². The van der Waals surface area contributed by atoms with Crippen LogP contribution in [0, 0.1) is 11.6 Å². The van der Waals surface area contributed by atoms with Crippen molar-refractivity contribution >= 4 is 0 Å². The third-order valence-corrected chi connectivity index (χ3v) is 3.87. The summed E-state index contributed by atoms with van der Waals surface area (Å²) in [5.41, 5.74) is 0.668. The molecule has 0 aliphatic heterocycles. The molecule has 1 N–H and O–H groups in total. The standard InChI is InChI=1S/C16H26F2N2/c1-5-6-12(2)20(4)8-7-16(19-3)13-9-14(17)11-15(18)10-13/h9-12,16,19H,5-8H2,1-4H3. The molecule has 20 heavy (non-hydrogen) atoms. The summed E-state index contributed by atoms with van der Waals surface area (Å²) in [5.74, 6) is -1.04. The van der Waals surface area contributed by atoms with Gasteiger partial charge in [-0.15, -0.1) is 0 Å². The van der Waals surface area contributed by atoms with E-state index < -0.39 is 11.6 Å². The average Bonchev–Trinajstić information content (AvgIpc) is 2.38. The number of hydrogen-bond acceptors (Lipinski definition) is 2. The predicted molar refractivity (Wildman–Crippen MR) is 79.8 cm³/mol. The number of halogens is 2. The largest absolute Gasteiger partial charge is 0.313 e. The lowest BCUT2D eigenvalue weighted by atomic mass is 10.0. The van der Waals surface area contributed by atoms with E-state index in [9.17, 15) is 8.78 Å². The van der Waals surface area contributed by atoms with E-state index >= 15 is 0 Å². The molecule has 0 aromatic heterocycles. The molecular weight excluding hydrogens is 258 g/mol. The van der Waals surface area contributed by atoms with E-state index in [1.807, 2.05) is 7.05 Å². The van der Waals surface area contributed by atoms with Gasteiger partial charge in [0.1, 0.15) is 11.6 Å². The Bertz CT molecular complexity index is 389. The van der Waals surface area contributed by atoms with Crippen molar-refractivity contribution in [2.24, 2.45) is 0 Å². The summed E-state index contributed by atoms with van der Waals surface area (Å²) < 4.78 is 26.5. The zero-order valence-electron chi connectivity index (χ0n) is 12.9. The highest BCUT2D eigenvalue weighted by Crippen LogP contribution is 2.20. The lowest BCUT2D eigenvalue weighted by Gasteiger charge is -2.26. The third-order valence-electron chi connectivity index (χ3n) is 3.87.